The Kier molecular flexibility index (Phi) is 5.25. The fourth-order valence-electron chi connectivity index (χ4n) is 2.52. The predicted octanol–water partition coefficient (Wildman–Crippen LogP) is 0.982. The average Bonchev–Trinajstić information content (AvgIpc) is 2.84. The lowest BCUT2D eigenvalue weighted by atomic mass is 10.0. The number of nitrogens with one attached hydrogen (secondary N) is 3. The van der Waals surface area contributed by atoms with E-state index < -0.39 is 11.4 Å². The molecular formula is C18H21N5O3. The molecule has 0 spiro atoms. The number of hydrogen-bond acceptors (Lipinski definition) is 5. The molecule has 0 aliphatic carbocycles. The summed E-state index contributed by atoms with van der Waals surface area (Å²) in [6, 6.07) is 6.19. The molecule has 2 rings (SSSR count). The molecule has 1 aromatic rings. The van der Waals surface area contributed by atoms with Gasteiger partial charge in [-0.1, -0.05) is 6.58 Å². The first-order chi connectivity index (χ1) is 12.2. The van der Waals surface area contributed by atoms with E-state index in [1.54, 1.807) is 26.0 Å². The summed E-state index contributed by atoms with van der Waals surface area (Å²) in [5.41, 5.74) is 6.96. The molecule has 26 heavy (non-hydrogen) atoms. The van der Waals surface area contributed by atoms with Crippen LogP contribution in [0.25, 0.3) is 0 Å². The van der Waals surface area contributed by atoms with E-state index in [-0.39, 0.29) is 18.3 Å². The van der Waals surface area contributed by atoms with Crippen molar-refractivity contribution in [1.29, 1.82) is 5.41 Å². The van der Waals surface area contributed by atoms with Gasteiger partial charge in [-0.3, -0.25) is 19.8 Å². The number of nitrogens with two attached hydrogens (primary N) is 1. The van der Waals surface area contributed by atoms with Crippen LogP contribution < -0.4 is 16.4 Å². The topological polar surface area (TPSA) is 128 Å². The molecule has 8 heteroatoms. The monoisotopic (exact) mass is 355 g/mol. The van der Waals surface area contributed by atoms with Crippen LogP contribution in [0.1, 0.15) is 24.2 Å². The molecule has 0 aromatic heterocycles. The van der Waals surface area contributed by atoms with Gasteiger partial charge in [-0.15, -0.1) is 0 Å². The lowest BCUT2D eigenvalue weighted by molar-refractivity contribution is -0.120. The van der Waals surface area contributed by atoms with Gasteiger partial charge in [-0.25, -0.2) is 0 Å². The van der Waals surface area contributed by atoms with Gasteiger partial charge in [0.05, 0.1) is 12.1 Å². The molecule has 1 heterocycles. The van der Waals surface area contributed by atoms with Crippen LogP contribution in [0.5, 0.6) is 0 Å². The first kappa shape index (κ1) is 18.9. The first-order valence-electron chi connectivity index (χ1n) is 7.85. The smallest absolute Gasteiger partial charge is 0.256 e. The quantitative estimate of drug-likeness (QED) is 0.272. The molecule has 8 nitrogen and oxygen atoms in total. The molecule has 0 fully saturated rings. The second-order valence-electron chi connectivity index (χ2n) is 6.28. The van der Waals surface area contributed by atoms with Crippen molar-refractivity contribution in [2.24, 2.45) is 5.73 Å². The zero-order valence-corrected chi connectivity index (χ0v) is 14.6. The molecule has 3 amide bonds. The van der Waals surface area contributed by atoms with Crippen molar-refractivity contribution in [2.75, 3.05) is 11.9 Å². The summed E-state index contributed by atoms with van der Waals surface area (Å²) in [5.74, 6) is -0.983. The fraction of sp³-hybridized carbons (Fsp3) is 0.222. The summed E-state index contributed by atoms with van der Waals surface area (Å²) < 4.78 is 0. The van der Waals surface area contributed by atoms with Gasteiger partial charge in [0.25, 0.3) is 5.91 Å². The number of carbonyl (C=O) groups is 3. The van der Waals surface area contributed by atoms with Crippen LogP contribution in [-0.4, -0.2) is 41.0 Å². The van der Waals surface area contributed by atoms with Gasteiger partial charge in [0.15, 0.2) is 0 Å². The van der Waals surface area contributed by atoms with Crippen LogP contribution in [0.4, 0.5) is 5.69 Å². The Labute approximate surface area is 151 Å². The van der Waals surface area contributed by atoms with Gasteiger partial charge in [0, 0.05) is 22.5 Å². The van der Waals surface area contributed by atoms with Crippen molar-refractivity contribution >= 4 is 29.7 Å². The van der Waals surface area contributed by atoms with E-state index in [9.17, 15) is 14.4 Å². The number of amidine groups is 1. The number of hydrogen-bond donors (Lipinski definition) is 4. The van der Waals surface area contributed by atoms with Crippen molar-refractivity contribution in [1.82, 2.24) is 10.2 Å². The largest absolute Gasteiger partial charge is 0.400 e. The summed E-state index contributed by atoms with van der Waals surface area (Å²) in [7, 11) is 0. The highest BCUT2D eigenvalue weighted by atomic mass is 16.2. The van der Waals surface area contributed by atoms with Crippen molar-refractivity contribution in [3.05, 3.63) is 53.8 Å². The third-order valence-corrected chi connectivity index (χ3v) is 4.30. The van der Waals surface area contributed by atoms with Crippen LogP contribution in [0.2, 0.25) is 0 Å². The van der Waals surface area contributed by atoms with Crippen LogP contribution in [0, 0.1) is 5.41 Å². The molecular weight excluding hydrogens is 334 g/mol. The minimum atomic E-state index is -0.709. The Hall–Kier alpha value is -3.42. The molecule has 5 N–H and O–H groups in total. The zero-order valence-electron chi connectivity index (χ0n) is 14.6. The number of anilines is 1. The maximum Gasteiger partial charge on any atom is 0.256 e. The number of benzene rings is 1. The van der Waals surface area contributed by atoms with Crippen LogP contribution in [0.3, 0.4) is 0 Å². The zero-order chi connectivity index (χ0) is 19.5. The molecule has 0 bridgehead atoms. The van der Waals surface area contributed by atoms with E-state index in [1.807, 2.05) is 0 Å². The molecule has 0 saturated carbocycles. The lowest BCUT2D eigenvalue weighted by Gasteiger charge is -2.29. The number of rotatable bonds is 5. The third kappa shape index (κ3) is 3.64. The Morgan fingerprint density at radius 2 is 1.92 bits per heavy atom. The minimum Gasteiger partial charge on any atom is -0.400 e. The van der Waals surface area contributed by atoms with Gasteiger partial charge in [0.2, 0.25) is 12.3 Å². The van der Waals surface area contributed by atoms with E-state index in [0.717, 1.165) is 6.08 Å². The van der Waals surface area contributed by atoms with Gasteiger partial charge < -0.3 is 21.3 Å². The highest BCUT2D eigenvalue weighted by Gasteiger charge is 2.38. The maximum absolute atomic E-state index is 12.3. The van der Waals surface area contributed by atoms with Gasteiger partial charge in [0.1, 0.15) is 5.84 Å². The molecule has 1 aliphatic rings. The third-order valence-electron chi connectivity index (χ3n) is 4.30. The van der Waals surface area contributed by atoms with E-state index >= 15 is 0 Å². The summed E-state index contributed by atoms with van der Waals surface area (Å²) in [4.78, 5) is 36.2. The summed E-state index contributed by atoms with van der Waals surface area (Å²) in [6.45, 7) is 7.07. The van der Waals surface area contributed by atoms with Crippen LogP contribution in [-0.2, 0) is 9.59 Å². The van der Waals surface area contributed by atoms with Gasteiger partial charge in [-0.05, 0) is 44.2 Å². The Bertz CT molecular complexity index is 809. The van der Waals surface area contributed by atoms with Crippen molar-refractivity contribution in [2.45, 2.75) is 19.4 Å². The highest BCUT2D eigenvalue weighted by Crippen LogP contribution is 2.29. The van der Waals surface area contributed by atoms with E-state index in [4.69, 9.17) is 11.1 Å². The second kappa shape index (κ2) is 7.22. The maximum atomic E-state index is 12.3. The average molecular weight is 355 g/mol. The summed E-state index contributed by atoms with van der Waals surface area (Å²) in [6.07, 6.45) is 1.82. The molecule has 136 valence electrons. The van der Waals surface area contributed by atoms with Crippen molar-refractivity contribution in [3.8, 4) is 0 Å². The molecule has 0 saturated heterocycles. The van der Waals surface area contributed by atoms with Gasteiger partial charge >= 0.3 is 0 Å². The van der Waals surface area contributed by atoms with Crippen LogP contribution in [0.15, 0.2) is 48.2 Å². The van der Waals surface area contributed by atoms with E-state index in [2.05, 4.69) is 17.2 Å². The standard InChI is InChI=1S/C18H21N5O3/c1-4-14(25)21-12-7-5-11(6-8-12)17(26)22-16(20)13-9-23(10-24)18(2,3)15(13)19/h4-8,10H,1,9,19H2,2-3H3,(H,21,25)(H2,20,22,26). The molecule has 1 aliphatic heterocycles. The lowest BCUT2D eigenvalue weighted by Crippen LogP contribution is -2.41. The minimum absolute atomic E-state index is 0.144. The first-order valence-corrected chi connectivity index (χ1v) is 7.85. The van der Waals surface area contributed by atoms with Crippen molar-refractivity contribution in [3.63, 3.8) is 0 Å². The molecule has 0 radical (unpaired) electrons. The molecule has 1 aromatic carbocycles. The van der Waals surface area contributed by atoms with Crippen molar-refractivity contribution < 1.29 is 14.4 Å². The normalized spacial score (nSPS) is 15.4. The summed E-state index contributed by atoms with van der Waals surface area (Å²) in [5, 5.41) is 13.2. The molecule has 0 atom stereocenters. The van der Waals surface area contributed by atoms with E-state index in [1.165, 1.54) is 17.0 Å². The Balaban J connectivity index is 2.09. The Morgan fingerprint density at radius 1 is 1.31 bits per heavy atom. The number of carbonyl (C=O) groups excluding carboxylic acids is 3. The molecule has 0 unspecified atom stereocenters. The Morgan fingerprint density at radius 3 is 2.42 bits per heavy atom. The van der Waals surface area contributed by atoms with Crippen LogP contribution >= 0.6 is 0 Å². The highest BCUT2D eigenvalue weighted by molar-refractivity contribution is 6.12. The SMILES string of the molecule is C=CC(=O)Nc1ccc(C(=O)NC(=N)C2=C(N)C(C)(C)N(C=O)C2)cc1. The van der Waals surface area contributed by atoms with E-state index in [0.29, 0.717) is 28.9 Å². The fourth-order valence-corrected chi connectivity index (χ4v) is 2.52. The van der Waals surface area contributed by atoms with Gasteiger partial charge in [-0.2, -0.15) is 0 Å². The number of nitrogens with zero attached hydrogens (tertiary/aromatic N) is 1. The summed E-state index contributed by atoms with van der Waals surface area (Å²) >= 11 is 0. The second-order valence-corrected chi connectivity index (χ2v) is 6.28. The predicted molar refractivity (Wildman–Crippen MR) is 98.5 cm³/mol. The number of amides is 3.